The summed E-state index contributed by atoms with van der Waals surface area (Å²) < 4.78 is 10.4. The highest BCUT2D eigenvalue weighted by Gasteiger charge is 2.15. The van der Waals surface area contributed by atoms with Gasteiger partial charge in [0.25, 0.3) is 5.91 Å². The van der Waals surface area contributed by atoms with Crippen molar-refractivity contribution in [3.63, 3.8) is 0 Å². The van der Waals surface area contributed by atoms with Gasteiger partial charge in [-0.1, -0.05) is 0 Å². The van der Waals surface area contributed by atoms with E-state index in [-0.39, 0.29) is 17.0 Å². The van der Waals surface area contributed by atoms with Crippen molar-refractivity contribution in [2.45, 2.75) is 19.3 Å². The maximum atomic E-state index is 12.1. The third kappa shape index (κ3) is 4.46. The van der Waals surface area contributed by atoms with Gasteiger partial charge in [-0.2, -0.15) is 0 Å². The van der Waals surface area contributed by atoms with Gasteiger partial charge in [0.15, 0.2) is 0 Å². The number of aromatic carboxylic acids is 1. The van der Waals surface area contributed by atoms with Crippen LogP contribution in [0.3, 0.4) is 0 Å². The number of amides is 1. The van der Waals surface area contributed by atoms with E-state index in [1.54, 1.807) is 0 Å². The maximum Gasteiger partial charge on any atom is 0.335 e. The van der Waals surface area contributed by atoms with Crippen molar-refractivity contribution in [2.24, 2.45) is 5.92 Å². The van der Waals surface area contributed by atoms with Gasteiger partial charge in [-0.25, -0.2) is 4.79 Å². The average molecular weight is 307 g/mol. The van der Waals surface area contributed by atoms with E-state index in [0.717, 1.165) is 32.5 Å². The zero-order chi connectivity index (χ0) is 15.9. The molecule has 1 aliphatic rings. The van der Waals surface area contributed by atoms with Crippen molar-refractivity contribution in [3.8, 4) is 5.75 Å². The maximum absolute atomic E-state index is 12.1. The summed E-state index contributed by atoms with van der Waals surface area (Å²) in [6, 6.07) is 4.27. The zero-order valence-electron chi connectivity index (χ0n) is 12.6. The van der Waals surface area contributed by atoms with Crippen LogP contribution >= 0.6 is 0 Å². The molecule has 22 heavy (non-hydrogen) atoms. The van der Waals surface area contributed by atoms with E-state index in [0.29, 0.717) is 18.2 Å². The van der Waals surface area contributed by atoms with Gasteiger partial charge in [0.1, 0.15) is 5.75 Å². The molecule has 0 aromatic heterocycles. The molecule has 2 rings (SSSR count). The summed E-state index contributed by atoms with van der Waals surface area (Å²) in [5.41, 5.74) is 0.321. The predicted molar refractivity (Wildman–Crippen MR) is 80.4 cm³/mol. The van der Waals surface area contributed by atoms with Crippen LogP contribution in [-0.4, -0.2) is 43.9 Å². The number of hydrogen-bond acceptors (Lipinski definition) is 4. The van der Waals surface area contributed by atoms with Gasteiger partial charge >= 0.3 is 5.97 Å². The van der Waals surface area contributed by atoms with Crippen LogP contribution in [0, 0.1) is 5.92 Å². The molecule has 0 spiro atoms. The summed E-state index contributed by atoms with van der Waals surface area (Å²) in [6.07, 6.45) is 3.05. The van der Waals surface area contributed by atoms with E-state index in [9.17, 15) is 9.59 Å². The van der Waals surface area contributed by atoms with Crippen LogP contribution in [0.5, 0.6) is 5.75 Å². The zero-order valence-corrected chi connectivity index (χ0v) is 12.6. The molecule has 0 bridgehead atoms. The Labute approximate surface area is 129 Å². The minimum absolute atomic E-state index is 0.0326. The number of carbonyl (C=O) groups excluding carboxylic acids is 1. The molecule has 1 heterocycles. The Morgan fingerprint density at radius 1 is 1.36 bits per heavy atom. The topological polar surface area (TPSA) is 84.9 Å². The molecule has 1 aliphatic heterocycles. The molecule has 0 unspecified atom stereocenters. The monoisotopic (exact) mass is 307 g/mol. The largest absolute Gasteiger partial charge is 0.497 e. The number of carbonyl (C=O) groups is 2. The molecule has 1 atom stereocenters. The Kier molecular flexibility index (Phi) is 5.77. The van der Waals surface area contributed by atoms with Crippen LogP contribution in [0.4, 0.5) is 0 Å². The standard InChI is InChI=1S/C16H21NO5/c1-21-14-8-12(7-13(9-14)16(19)20)15(18)17-5-4-11-3-2-6-22-10-11/h7-9,11H,2-6,10H2,1H3,(H,17,18)(H,19,20)/t11-/m1/s1. The van der Waals surface area contributed by atoms with E-state index in [1.165, 1.54) is 25.3 Å². The van der Waals surface area contributed by atoms with Crippen LogP contribution in [0.1, 0.15) is 40.0 Å². The Balaban J connectivity index is 1.93. The summed E-state index contributed by atoms with van der Waals surface area (Å²) in [5, 5.41) is 11.9. The molecule has 0 radical (unpaired) electrons. The molecule has 120 valence electrons. The smallest absolute Gasteiger partial charge is 0.335 e. The highest BCUT2D eigenvalue weighted by molar-refractivity contribution is 5.98. The molecular formula is C16H21NO5. The third-order valence-corrected chi connectivity index (χ3v) is 3.74. The van der Waals surface area contributed by atoms with E-state index in [1.807, 2.05) is 0 Å². The van der Waals surface area contributed by atoms with E-state index in [4.69, 9.17) is 14.6 Å². The van der Waals surface area contributed by atoms with Crippen LogP contribution in [0.25, 0.3) is 0 Å². The van der Waals surface area contributed by atoms with Crippen molar-refractivity contribution in [2.75, 3.05) is 26.9 Å². The van der Waals surface area contributed by atoms with E-state index >= 15 is 0 Å². The first-order valence-corrected chi connectivity index (χ1v) is 7.38. The highest BCUT2D eigenvalue weighted by atomic mass is 16.5. The second-order valence-electron chi connectivity index (χ2n) is 5.38. The molecular weight excluding hydrogens is 286 g/mol. The van der Waals surface area contributed by atoms with Gasteiger partial charge < -0.3 is 19.9 Å². The lowest BCUT2D eigenvalue weighted by Gasteiger charge is -2.21. The van der Waals surface area contributed by atoms with E-state index < -0.39 is 5.97 Å². The van der Waals surface area contributed by atoms with Crippen molar-refractivity contribution in [1.29, 1.82) is 0 Å². The fraction of sp³-hybridized carbons (Fsp3) is 0.500. The molecule has 6 nitrogen and oxygen atoms in total. The first-order valence-electron chi connectivity index (χ1n) is 7.38. The Hall–Kier alpha value is -2.08. The number of methoxy groups -OCH3 is 1. The quantitative estimate of drug-likeness (QED) is 0.839. The highest BCUT2D eigenvalue weighted by Crippen LogP contribution is 2.18. The lowest BCUT2D eigenvalue weighted by molar-refractivity contribution is 0.0514. The number of nitrogens with one attached hydrogen (secondary N) is 1. The molecule has 0 aliphatic carbocycles. The summed E-state index contributed by atoms with van der Waals surface area (Å²) in [7, 11) is 1.44. The summed E-state index contributed by atoms with van der Waals surface area (Å²) in [5.74, 6) is -0.551. The molecule has 2 N–H and O–H groups in total. The molecule has 1 saturated heterocycles. The first-order chi connectivity index (χ1) is 10.6. The number of ether oxygens (including phenoxy) is 2. The Morgan fingerprint density at radius 3 is 2.77 bits per heavy atom. The number of carboxylic acids is 1. The van der Waals surface area contributed by atoms with Crippen LogP contribution in [0.2, 0.25) is 0 Å². The molecule has 6 heteroatoms. The van der Waals surface area contributed by atoms with Gasteiger partial charge in [0, 0.05) is 25.3 Å². The second kappa shape index (κ2) is 7.79. The SMILES string of the molecule is COc1cc(C(=O)O)cc(C(=O)NCC[C@H]2CCCOC2)c1. The number of rotatable bonds is 6. The second-order valence-corrected chi connectivity index (χ2v) is 5.38. The van der Waals surface area contributed by atoms with Crippen molar-refractivity contribution < 1.29 is 24.2 Å². The number of benzene rings is 1. The predicted octanol–water partition coefficient (Wildman–Crippen LogP) is 1.94. The molecule has 1 aromatic rings. The van der Waals surface area contributed by atoms with Crippen molar-refractivity contribution in [1.82, 2.24) is 5.32 Å². The van der Waals surface area contributed by atoms with E-state index in [2.05, 4.69) is 5.32 Å². The Morgan fingerprint density at radius 2 is 2.14 bits per heavy atom. The average Bonchev–Trinajstić information content (AvgIpc) is 2.55. The van der Waals surface area contributed by atoms with Crippen LogP contribution < -0.4 is 10.1 Å². The van der Waals surface area contributed by atoms with Crippen LogP contribution in [-0.2, 0) is 4.74 Å². The minimum atomic E-state index is -1.09. The Bertz CT molecular complexity index is 537. The van der Waals surface area contributed by atoms with Crippen molar-refractivity contribution in [3.05, 3.63) is 29.3 Å². The van der Waals surface area contributed by atoms with Gasteiger partial charge in [-0.15, -0.1) is 0 Å². The third-order valence-electron chi connectivity index (χ3n) is 3.74. The molecule has 1 amide bonds. The molecule has 0 saturated carbocycles. The molecule has 1 fully saturated rings. The number of hydrogen-bond donors (Lipinski definition) is 2. The lowest BCUT2D eigenvalue weighted by Crippen LogP contribution is -2.28. The van der Waals surface area contributed by atoms with Crippen LogP contribution in [0.15, 0.2) is 18.2 Å². The first kappa shape index (κ1) is 16.3. The normalized spacial score (nSPS) is 17.8. The van der Waals surface area contributed by atoms with Gasteiger partial charge in [-0.3, -0.25) is 4.79 Å². The fourth-order valence-electron chi connectivity index (χ4n) is 2.50. The van der Waals surface area contributed by atoms with Gasteiger partial charge in [0.05, 0.1) is 12.7 Å². The minimum Gasteiger partial charge on any atom is -0.497 e. The number of carboxylic acid groups (broad SMARTS) is 1. The van der Waals surface area contributed by atoms with Gasteiger partial charge in [-0.05, 0) is 43.4 Å². The summed E-state index contributed by atoms with van der Waals surface area (Å²) in [6.45, 7) is 2.12. The fourth-order valence-corrected chi connectivity index (χ4v) is 2.50. The lowest BCUT2D eigenvalue weighted by atomic mass is 9.99. The summed E-state index contributed by atoms with van der Waals surface area (Å²) >= 11 is 0. The molecule has 1 aromatic carbocycles. The summed E-state index contributed by atoms with van der Waals surface area (Å²) in [4.78, 5) is 23.2. The van der Waals surface area contributed by atoms with Gasteiger partial charge in [0.2, 0.25) is 0 Å². The van der Waals surface area contributed by atoms with Crippen molar-refractivity contribution >= 4 is 11.9 Å².